The van der Waals surface area contributed by atoms with Crippen molar-refractivity contribution in [3.63, 3.8) is 0 Å². The van der Waals surface area contributed by atoms with Crippen LogP contribution in [0.25, 0.3) is 0 Å². The molecule has 2 unspecified atom stereocenters. The highest BCUT2D eigenvalue weighted by Gasteiger charge is 2.27. The summed E-state index contributed by atoms with van der Waals surface area (Å²) in [6.45, 7) is 4.27. The van der Waals surface area contributed by atoms with Gasteiger partial charge in [0.2, 0.25) is 0 Å². The Kier molecular flexibility index (Phi) is 51.4. The molecular weight excluding hydrogens is 918 g/mol. The lowest BCUT2D eigenvalue weighted by atomic mass is 10.0. The van der Waals surface area contributed by atoms with Gasteiger partial charge < -0.3 is 18.9 Å². The average molecular weight is 1030 g/mol. The minimum atomic E-state index is -4.40. The Labute approximate surface area is 444 Å². The lowest BCUT2D eigenvalue weighted by molar-refractivity contribution is -0.870. The molecule has 0 aliphatic heterocycles. The van der Waals surface area contributed by atoms with Crippen LogP contribution in [-0.2, 0) is 32.7 Å². The predicted octanol–water partition coefficient (Wildman–Crippen LogP) is 18.5. The van der Waals surface area contributed by atoms with Crippen LogP contribution in [0.2, 0.25) is 0 Å². The van der Waals surface area contributed by atoms with Crippen LogP contribution in [0, 0.1) is 0 Å². The summed E-state index contributed by atoms with van der Waals surface area (Å²) in [5, 5.41) is 0. The number of phosphoric acid groups is 1. The van der Waals surface area contributed by atoms with E-state index in [1.165, 1.54) is 167 Å². The second-order valence-electron chi connectivity index (χ2n) is 21.0. The number of unbranched alkanes of at least 4 members (excludes halogenated alkanes) is 28. The summed E-state index contributed by atoms with van der Waals surface area (Å²) in [5.74, 6) is -0.861. The molecule has 0 spiro atoms. The Balaban J connectivity index is 4.09. The monoisotopic (exact) mass is 1030 g/mol. The van der Waals surface area contributed by atoms with E-state index in [-0.39, 0.29) is 32.0 Å². The summed E-state index contributed by atoms with van der Waals surface area (Å²) >= 11 is 0. The Morgan fingerprint density at radius 3 is 1.24 bits per heavy atom. The van der Waals surface area contributed by atoms with Crippen LogP contribution in [0.1, 0.15) is 258 Å². The first-order chi connectivity index (χ1) is 35.0. The zero-order chi connectivity index (χ0) is 52.7. The zero-order valence-electron chi connectivity index (χ0n) is 47.4. The number of hydrogen-bond donors (Lipinski definition) is 1. The maximum atomic E-state index is 12.8. The topological polar surface area (TPSA) is 108 Å². The fourth-order valence-electron chi connectivity index (χ4n) is 8.17. The third-order valence-corrected chi connectivity index (χ3v) is 13.7. The number of nitrogens with zero attached hydrogens (tertiary/aromatic N) is 1. The van der Waals surface area contributed by atoms with Gasteiger partial charge in [0.25, 0.3) is 0 Å². The first-order valence-electron chi connectivity index (χ1n) is 29.7. The number of quaternary nitrogens is 1. The lowest BCUT2D eigenvalue weighted by Gasteiger charge is -2.24. The van der Waals surface area contributed by atoms with Crippen LogP contribution in [-0.4, -0.2) is 74.9 Å². The van der Waals surface area contributed by atoms with Crippen molar-refractivity contribution in [2.75, 3.05) is 47.5 Å². The van der Waals surface area contributed by atoms with Crippen LogP contribution in [0.3, 0.4) is 0 Å². The van der Waals surface area contributed by atoms with Crippen LogP contribution in [0.15, 0.2) is 72.9 Å². The number of allylic oxidation sites excluding steroid dienone is 12. The van der Waals surface area contributed by atoms with Crippen LogP contribution >= 0.6 is 7.82 Å². The van der Waals surface area contributed by atoms with Crippen LogP contribution in [0.4, 0.5) is 0 Å². The Bertz CT molecular complexity index is 1450. The van der Waals surface area contributed by atoms with Crippen LogP contribution in [0.5, 0.6) is 0 Å². The van der Waals surface area contributed by atoms with E-state index in [9.17, 15) is 19.0 Å². The molecule has 0 saturated heterocycles. The van der Waals surface area contributed by atoms with Crippen molar-refractivity contribution in [1.29, 1.82) is 0 Å². The van der Waals surface area contributed by atoms with E-state index in [4.69, 9.17) is 18.5 Å². The van der Waals surface area contributed by atoms with Gasteiger partial charge in [0, 0.05) is 12.8 Å². The summed E-state index contributed by atoms with van der Waals surface area (Å²) < 4.78 is 34.5. The van der Waals surface area contributed by atoms with Gasteiger partial charge in [0.15, 0.2) is 6.10 Å². The molecule has 0 aromatic heterocycles. The lowest BCUT2D eigenvalue weighted by Crippen LogP contribution is -2.37. The summed E-state index contributed by atoms with van der Waals surface area (Å²) in [6, 6.07) is 0. The molecule has 9 nitrogen and oxygen atoms in total. The maximum absolute atomic E-state index is 12.8. The smallest absolute Gasteiger partial charge is 0.462 e. The molecule has 1 N–H and O–H groups in total. The van der Waals surface area contributed by atoms with Crippen molar-refractivity contribution in [3.05, 3.63) is 72.9 Å². The van der Waals surface area contributed by atoms with Crippen molar-refractivity contribution in [1.82, 2.24) is 0 Å². The highest BCUT2D eigenvalue weighted by atomic mass is 31.2. The van der Waals surface area contributed by atoms with Gasteiger partial charge >= 0.3 is 19.8 Å². The number of esters is 2. The Morgan fingerprint density at radius 1 is 0.444 bits per heavy atom. The molecule has 0 aromatic rings. The first kappa shape index (κ1) is 69.5. The molecule has 0 bridgehead atoms. The van der Waals surface area contributed by atoms with Gasteiger partial charge in [-0.15, -0.1) is 0 Å². The molecule has 2 atom stereocenters. The Morgan fingerprint density at radius 2 is 0.806 bits per heavy atom. The molecule has 0 aromatic carbocycles. The number of likely N-dealkylation sites (N-methyl/N-ethyl adjacent to an activating group) is 1. The van der Waals surface area contributed by atoms with E-state index in [1.807, 2.05) is 27.2 Å². The molecule has 418 valence electrons. The van der Waals surface area contributed by atoms with E-state index in [2.05, 4.69) is 80.7 Å². The highest BCUT2D eigenvalue weighted by Crippen LogP contribution is 2.43. The summed E-state index contributed by atoms with van der Waals surface area (Å²) in [4.78, 5) is 35.6. The second kappa shape index (κ2) is 53.3. The first-order valence-corrected chi connectivity index (χ1v) is 31.2. The molecule has 0 saturated carbocycles. The molecule has 0 rings (SSSR count). The third kappa shape index (κ3) is 56.7. The molecule has 0 radical (unpaired) electrons. The van der Waals surface area contributed by atoms with E-state index >= 15 is 0 Å². The largest absolute Gasteiger partial charge is 0.472 e. The van der Waals surface area contributed by atoms with Gasteiger partial charge in [0.1, 0.15) is 19.8 Å². The fourth-order valence-corrected chi connectivity index (χ4v) is 8.91. The van der Waals surface area contributed by atoms with E-state index < -0.39 is 26.5 Å². The standard InChI is InChI=1S/C62H112NO8P/c1-6-8-10-12-14-16-18-20-22-24-25-26-27-28-29-30-31-32-33-34-35-36-37-39-40-42-44-46-48-50-52-54-61(64)68-58-60(59-70-72(66,67)69-57-56-63(3,4)5)71-62(65)55-53-51-49-47-45-43-41-38-23-21-19-17-15-13-11-9-7-2/h9,11,15,17,21,23-25,41,43,47,49,60H,6-8,10,12-14,16,18-20,22,26-40,42,44-46,48,50-59H2,1-5H3/p+1/b11-9-,17-15-,23-21-,25-24-,43-41-,49-47-. The van der Waals surface area contributed by atoms with Gasteiger partial charge in [-0.2, -0.15) is 0 Å². The van der Waals surface area contributed by atoms with E-state index in [0.717, 1.165) is 51.4 Å². The number of rotatable bonds is 54. The minimum absolute atomic E-state index is 0.0191. The number of carbonyl (C=O) groups excluding carboxylic acids is 2. The maximum Gasteiger partial charge on any atom is 0.472 e. The predicted molar refractivity (Wildman–Crippen MR) is 307 cm³/mol. The molecule has 0 aliphatic carbocycles. The van der Waals surface area contributed by atoms with Crippen LogP contribution < -0.4 is 0 Å². The molecule has 0 heterocycles. The molecule has 0 aliphatic rings. The molecular formula is C62H113NO8P+. The second-order valence-corrected chi connectivity index (χ2v) is 22.5. The Hall–Kier alpha value is -2.55. The van der Waals surface area contributed by atoms with Crippen molar-refractivity contribution < 1.29 is 42.1 Å². The van der Waals surface area contributed by atoms with Gasteiger partial charge in [0.05, 0.1) is 27.7 Å². The summed E-state index contributed by atoms with van der Waals surface area (Å²) in [7, 11) is 1.44. The van der Waals surface area contributed by atoms with Gasteiger partial charge in [-0.1, -0.05) is 241 Å². The van der Waals surface area contributed by atoms with Crippen molar-refractivity contribution >= 4 is 19.8 Å². The normalized spacial score (nSPS) is 13.8. The highest BCUT2D eigenvalue weighted by molar-refractivity contribution is 7.47. The van der Waals surface area contributed by atoms with Gasteiger partial charge in [-0.25, -0.2) is 4.57 Å². The quantitative estimate of drug-likeness (QED) is 0.0211. The van der Waals surface area contributed by atoms with Crippen molar-refractivity contribution in [2.45, 2.75) is 264 Å². The molecule has 0 amide bonds. The molecule has 10 heteroatoms. The fraction of sp³-hybridized carbons (Fsp3) is 0.774. The van der Waals surface area contributed by atoms with E-state index in [0.29, 0.717) is 23.9 Å². The number of hydrogen-bond acceptors (Lipinski definition) is 7. The number of ether oxygens (including phenoxy) is 2. The van der Waals surface area contributed by atoms with Crippen molar-refractivity contribution in [3.8, 4) is 0 Å². The molecule has 0 fully saturated rings. The van der Waals surface area contributed by atoms with Gasteiger partial charge in [-0.3, -0.25) is 18.6 Å². The number of phosphoric ester groups is 1. The molecule has 72 heavy (non-hydrogen) atoms. The van der Waals surface area contributed by atoms with E-state index in [1.54, 1.807) is 0 Å². The number of carbonyl (C=O) groups is 2. The van der Waals surface area contributed by atoms with Gasteiger partial charge in [-0.05, 0) is 77.0 Å². The summed E-state index contributed by atoms with van der Waals surface area (Å²) in [6.07, 6.45) is 70.1. The SMILES string of the molecule is CC/C=C\C/C=C\C/C=C\C/C=C\C/C=C\CCCC(=O)OC(COC(=O)CCCCCCCCCCCCCCCCCCCCC/C=C\CCCCCCCCCC)COP(=O)(O)OCC[N+](C)(C)C. The minimum Gasteiger partial charge on any atom is -0.462 e. The average Bonchev–Trinajstić information content (AvgIpc) is 3.34. The third-order valence-electron chi connectivity index (χ3n) is 12.7. The van der Waals surface area contributed by atoms with Crippen molar-refractivity contribution in [2.24, 2.45) is 0 Å². The summed E-state index contributed by atoms with van der Waals surface area (Å²) in [5.41, 5.74) is 0. The zero-order valence-corrected chi connectivity index (χ0v) is 48.3.